The average Bonchev–Trinajstić information content (AvgIpc) is 2.72. The molecule has 0 atom stereocenters. The Morgan fingerprint density at radius 1 is 1.13 bits per heavy atom. The molecule has 0 saturated heterocycles. The Hall–Kier alpha value is -2.95. The summed E-state index contributed by atoms with van der Waals surface area (Å²) in [6.45, 7) is 0.425. The fraction of sp³-hybridized carbons (Fsp3) is 0.500. The summed E-state index contributed by atoms with van der Waals surface area (Å²) in [6.07, 6.45) is -0.478. The molecule has 2 aromatic rings. The number of anilines is 2. The third-order valence-electron chi connectivity index (χ3n) is 5.71. The van der Waals surface area contributed by atoms with E-state index >= 15 is 0 Å². The number of halogens is 3. The molecule has 1 aromatic carbocycles. The number of rotatable bonds is 7. The van der Waals surface area contributed by atoms with Gasteiger partial charge in [-0.15, -0.1) is 0 Å². The topological polar surface area (TPSA) is 133 Å². The molecule has 0 bridgehead atoms. The predicted molar refractivity (Wildman–Crippen MR) is 110 cm³/mol. The van der Waals surface area contributed by atoms with Gasteiger partial charge in [0, 0.05) is 6.54 Å². The lowest BCUT2D eigenvalue weighted by Gasteiger charge is -2.27. The molecule has 31 heavy (non-hydrogen) atoms. The van der Waals surface area contributed by atoms with Crippen LogP contribution in [0.3, 0.4) is 0 Å². The van der Waals surface area contributed by atoms with Crippen LogP contribution in [0.4, 0.5) is 30.6 Å². The maximum Gasteiger partial charge on any atom is 0.416 e. The highest BCUT2D eigenvalue weighted by Gasteiger charge is 2.33. The van der Waals surface area contributed by atoms with Gasteiger partial charge in [0.25, 0.3) is 0 Å². The highest BCUT2D eigenvalue weighted by Crippen LogP contribution is 2.35. The lowest BCUT2D eigenvalue weighted by molar-refractivity contribution is -0.385. The van der Waals surface area contributed by atoms with Crippen molar-refractivity contribution in [1.82, 2.24) is 9.97 Å². The quantitative estimate of drug-likeness (QED) is 0.441. The molecule has 1 aromatic heterocycles. The van der Waals surface area contributed by atoms with Gasteiger partial charge in [-0.2, -0.15) is 18.2 Å². The predicted octanol–water partition coefficient (Wildman–Crippen LogP) is 3.91. The first-order chi connectivity index (χ1) is 14.7. The zero-order valence-corrected chi connectivity index (χ0v) is 16.9. The number of nitrogens with zero attached hydrogens (tertiary/aromatic N) is 3. The number of aromatic nitrogens is 2. The van der Waals surface area contributed by atoms with Crippen LogP contribution in [0.1, 0.15) is 42.5 Å². The first-order valence-corrected chi connectivity index (χ1v) is 10.1. The van der Waals surface area contributed by atoms with Crippen LogP contribution >= 0.6 is 0 Å². The minimum Gasteiger partial charge on any atom is -0.378 e. The van der Waals surface area contributed by atoms with E-state index in [0.29, 0.717) is 18.9 Å². The molecule has 0 aliphatic heterocycles. The second-order valence-electron chi connectivity index (χ2n) is 7.82. The lowest BCUT2D eigenvalue weighted by Crippen LogP contribution is -2.23. The van der Waals surface area contributed by atoms with Gasteiger partial charge in [-0.1, -0.05) is 18.2 Å². The number of benzene rings is 1. The van der Waals surface area contributed by atoms with Crippen molar-refractivity contribution in [2.45, 2.75) is 44.8 Å². The zero-order valence-electron chi connectivity index (χ0n) is 16.9. The van der Waals surface area contributed by atoms with Crippen molar-refractivity contribution >= 4 is 17.5 Å². The van der Waals surface area contributed by atoms with Gasteiger partial charge < -0.3 is 16.8 Å². The van der Waals surface area contributed by atoms with Crippen molar-refractivity contribution in [3.8, 4) is 0 Å². The first kappa shape index (κ1) is 22.7. The van der Waals surface area contributed by atoms with Gasteiger partial charge in [-0.05, 0) is 62.1 Å². The molecule has 5 N–H and O–H groups in total. The molecule has 1 saturated carbocycles. The van der Waals surface area contributed by atoms with Crippen molar-refractivity contribution in [3.63, 3.8) is 0 Å². The monoisotopic (exact) mass is 438 g/mol. The number of hydrogen-bond acceptors (Lipinski definition) is 7. The van der Waals surface area contributed by atoms with Crippen LogP contribution in [-0.4, -0.2) is 21.4 Å². The normalized spacial score (nSPS) is 19.2. The summed E-state index contributed by atoms with van der Waals surface area (Å²) >= 11 is 0. The molecule has 1 heterocycles. The van der Waals surface area contributed by atoms with E-state index in [-0.39, 0.29) is 41.2 Å². The summed E-state index contributed by atoms with van der Waals surface area (Å²) in [7, 11) is 0. The first-order valence-electron chi connectivity index (χ1n) is 10.1. The number of nitro groups is 1. The summed E-state index contributed by atoms with van der Waals surface area (Å²) in [5.41, 5.74) is 10.6. The van der Waals surface area contributed by atoms with E-state index < -0.39 is 16.7 Å². The van der Waals surface area contributed by atoms with Crippen LogP contribution in [0.15, 0.2) is 24.3 Å². The Morgan fingerprint density at radius 3 is 2.39 bits per heavy atom. The zero-order chi connectivity index (χ0) is 22.6. The van der Waals surface area contributed by atoms with Gasteiger partial charge in [0.1, 0.15) is 5.69 Å². The van der Waals surface area contributed by atoms with Gasteiger partial charge in [0.15, 0.2) is 0 Å². The van der Waals surface area contributed by atoms with Gasteiger partial charge in [-0.25, -0.2) is 4.98 Å². The van der Waals surface area contributed by atoms with Crippen LogP contribution < -0.4 is 16.8 Å². The fourth-order valence-electron chi connectivity index (χ4n) is 4.01. The number of alkyl halides is 3. The van der Waals surface area contributed by atoms with Crippen LogP contribution in [0.2, 0.25) is 0 Å². The highest BCUT2D eigenvalue weighted by molar-refractivity contribution is 5.58. The number of nitrogen functional groups attached to an aromatic ring is 1. The summed E-state index contributed by atoms with van der Waals surface area (Å²) in [5.74, 6) is 0.324. The molecular formula is C20H25F3N6O2. The Balaban J connectivity index is 1.80. The SMILES string of the molecule is NCC1CCC(Cc2nc(NCc3ccccc3C(F)(F)F)nc(N)c2[N+](=O)[O-])CC1. The van der Waals surface area contributed by atoms with Crippen molar-refractivity contribution < 1.29 is 18.1 Å². The van der Waals surface area contributed by atoms with Crippen molar-refractivity contribution in [1.29, 1.82) is 0 Å². The molecule has 1 fully saturated rings. The number of nitrogens with two attached hydrogens (primary N) is 2. The van der Waals surface area contributed by atoms with Crippen molar-refractivity contribution in [2.75, 3.05) is 17.6 Å². The number of nitrogens with one attached hydrogen (secondary N) is 1. The third kappa shape index (κ3) is 5.60. The molecule has 3 rings (SSSR count). The molecule has 11 heteroatoms. The molecule has 1 aliphatic carbocycles. The second-order valence-corrected chi connectivity index (χ2v) is 7.82. The standard InChI is InChI=1S/C20H25F3N6O2/c21-20(22,23)15-4-2-1-3-14(15)11-26-19-27-16(17(29(30)31)18(25)28-19)9-12-5-7-13(10-24)8-6-12/h1-4,12-13H,5-11,24H2,(H3,25,26,27,28). The lowest BCUT2D eigenvalue weighted by atomic mass is 9.80. The third-order valence-corrected chi connectivity index (χ3v) is 5.71. The van der Waals surface area contributed by atoms with E-state index in [4.69, 9.17) is 11.5 Å². The molecule has 168 valence electrons. The number of hydrogen-bond donors (Lipinski definition) is 3. The summed E-state index contributed by atoms with van der Waals surface area (Å²) < 4.78 is 39.6. The van der Waals surface area contributed by atoms with Crippen LogP contribution in [0.5, 0.6) is 0 Å². The Labute approximate surface area is 177 Å². The van der Waals surface area contributed by atoms with Crippen LogP contribution in [0, 0.1) is 22.0 Å². The van der Waals surface area contributed by atoms with Gasteiger partial charge in [-0.3, -0.25) is 10.1 Å². The van der Waals surface area contributed by atoms with E-state index in [0.717, 1.165) is 31.7 Å². The molecule has 0 unspecified atom stereocenters. The Morgan fingerprint density at radius 2 is 1.77 bits per heavy atom. The van der Waals surface area contributed by atoms with E-state index in [1.165, 1.54) is 18.2 Å². The van der Waals surface area contributed by atoms with E-state index in [1.54, 1.807) is 0 Å². The molecule has 0 spiro atoms. The van der Waals surface area contributed by atoms with Gasteiger partial charge in [0.2, 0.25) is 11.8 Å². The van der Waals surface area contributed by atoms with Gasteiger partial charge >= 0.3 is 11.9 Å². The molecule has 0 radical (unpaired) electrons. The molecule has 1 aliphatic rings. The van der Waals surface area contributed by atoms with Crippen molar-refractivity contribution in [2.24, 2.45) is 17.6 Å². The van der Waals surface area contributed by atoms with Crippen LogP contribution in [0.25, 0.3) is 0 Å². The van der Waals surface area contributed by atoms with E-state index in [2.05, 4.69) is 15.3 Å². The highest BCUT2D eigenvalue weighted by atomic mass is 19.4. The van der Waals surface area contributed by atoms with Crippen LogP contribution in [-0.2, 0) is 19.1 Å². The molecule has 8 nitrogen and oxygen atoms in total. The Bertz CT molecular complexity index is 930. The molecule has 0 amide bonds. The maximum atomic E-state index is 13.2. The summed E-state index contributed by atoms with van der Waals surface area (Å²) in [5, 5.41) is 14.2. The smallest absolute Gasteiger partial charge is 0.378 e. The minimum absolute atomic E-state index is 0.0113. The largest absolute Gasteiger partial charge is 0.416 e. The average molecular weight is 438 g/mol. The molecular weight excluding hydrogens is 413 g/mol. The van der Waals surface area contributed by atoms with Crippen molar-refractivity contribution in [3.05, 3.63) is 51.2 Å². The van der Waals surface area contributed by atoms with E-state index in [9.17, 15) is 23.3 Å². The summed E-state index contributed by atoms with van der Waals surface area (Å²) in [6, 6.07) is 5.15. The minimum atomic E-state index is -4.50. The maximum absolute atomic E-state index is 13.2. The summed E-state index contributed by atoms with van der Waals surface area (Å²) in [4.78, 5) is 19.0. The fourth-order valence-corrected chi connectivity index (χ4v) is 4.01. The van der Waals surface area contributed by atoms with E-state index in [1.807, 2.05) is 0 Å². The second kappa shape index (κ2) is 9.46. The van der Waals surface area contributed by atoms with Gasteiger partial charge in [0.05, 0.1) is 10.5 Å². The Kier molecular flexibility index (Phi) is 6.94.